The SMILES string of the molecule is CC(CN)Oc1ccccc1I. The van der Waals surface area contributed by atoms with Gasteiger partial charge in [0.25, 0.3) is 0 Å². The number of halogens is 1. The van der Waals surface area contributed by atoms with E-state index >= 15 is 0 Å². The zero-order valence-electron chi connectivity index (χ0n) is 6.96. The predicted octanol–water partition coefficient (Wildman–Crippen LogP) is 2.02. The van der Waals surface area contributed by atoms with E-state index in [2.05, 4.69) is 22.6 Å². The third-order valence-corrected chi connectivity index (χ3v) is 2.39. The van der Waals surface area contributed by atoms with Gasteiger partial charge in [0.1, 0.15) is 11.9 Å². The minimum Gasteiger partial charge on any atom is -0.488 e. The summed E-state index contributed by atoms with van der Waals surface area (Å²) in [6.07, 6.45) is 0.0842. The minimum atomic E-state index is 0.0842. The van der Waals surface area contributed by atoms with E-state index in [1.54, 1.807) is 0 Å². The first-order valence-corrected chi connectivity index (χ1v) is 4.93. The molecule has 1 aromatic rings. The van der Waals surface area contributed by atoms with Gasteiger partial charge >= 0.3 is 0 Å². The Bertz CT molecular complexity index is 252. The molecule has 0 amide bonds. The van der Waals surface area contributed by atoms with Crippen molar-refractivity contribution in [3.8, 4) is 5.75 Å². The normalized spacial score (nSPS) is 12.6. The summed E-state index contributed by atoms with van der Waals surface area (Å²) >= 11 is 2.24. The van der Waals surface area contributed by atoms with E-state index < -0.39 is 0 Å². The van der Waals surface area contributed by atoms with Crippen LogP contribution in [0.1, 0.15) is 6.92 Å². The van der Waals surface area contributed by atoms with Gasteiger partial charge in [-0.05, 0) is 41.6 Å². The van der Waals surface area contributed by atoms with Gasteiger partial charge in [-0.2, -0.15) is 0 Å². The lowest BCUT2D eigenvalue weighted by molar-refractivity contribution is 0.228. The molecular formula is C9H12INO. The van der Waals surface area contributed by atoms with Gasteiger partial charge in [0, 0.05) is 6.54 Å². The average Bonchev–Trinajstić information content (AvgIpc) is 2.09. The molecule has 1 aromatic carbocycles. The molecule has 0 aliphatic heterocycles. The lowest BCUT2D eigenvalue weighted by Gasteiger charge is -2.13. The second kappa shape index (κ2) is 4.67. The Balaban J connectivity index is 2.69. The Kier molecular flexibility index (Phi) is 3.81. The zero-order valence-corrected chi connectivity index (χ0v) is 9.11. The van der Waals surface area contributed by atoms with E-state index in [0.29, 0.717) is 6.54 Å². The van der Waals surface area contributed by atoms with Gasteiger partial charge in [-0.15, -0.1) is 0 Å². The molecule has 1 atom stereocenters. The van der Waals surface area contributed by atoms with Crippen LogP contribution in [-0.4, -0.2) is 12.6 Å². The van der Waals surface area contributed by atoms with Gasteiger partial charge < -0.3 is 10.5 Å². The molecule has 0 fully saturated rings. The molecule has 1 unspecified atom stereocenters. The number of benzene rings is 1. The fourth-order valence-electron chi connectivity index (χ4n) is 0.805. The maximum absolute atomic E-state index is 5.56. The summed E-state index contributed by atoms with van der Waals surface area (Å²) in [6.45, 7) is 2.51. The number of para-hydroxylation sites is 1. The van der Waals surface area contributed by atoms with Gasteiger partial charge in [0.2, 0.25) is 0 Å². The Labute approximate surface area is 86.2 Å². The maximum atomic E-state index is 5.56. The molecule has 0 heterocycles. The molecule has 12 heavy (non-hydrogen) atoms. The average molecular weight is 277 g/mol. The molecule has 0 aliphatic rings. The summed E-state index contributed by atoms with van der Waals surface area (Å²) in [6, 6.07) is 7.91. The van der Waals surface area contributed by atoms with Crippen molar-refractivity contribution in [2.75, 3.05) is 6.54 Å². The predicted molar refractivity (Wildman–Crippen MR) is 58.3 cm³/mol. The van der Waals surface area contributed by atoms with E-state index in [1.807, 2.05) is 31.2 Å². The molecule has 0 saturated carbocycles. The van der Waals surface area contributed by atoms with Gasteiger partial charge in [0.15, 0.2) is 0 Å². The Hall–Kier alpha value is -0.290. The highest BCUT2D eigenvalue weighted by atomic mass is 127. The summed E-state index contributed by atoms with van der Waals surface area (Å²) < 4.78 is 6.68. The number of nitrogens with two attached hydrogens (primary N) is 1. The van der Waals surface area contributed by atoms with Crippen LogP contribution < -0.4 is 10.5 Å². The molecule has 0 saturated heterocycles. The first kappa shape index (κ1) is 9.80. The van der Waals surface area contributed by atoms with Crippen molar-refractivity contribution >= 4 is 22.6 Å². The van der Waals surface area contributed by atoms with Gasteiger partial charge in [-0.3, -0.25) is 0 Å². The fourth-order valence-corrected chi connectivity index (χ4v) is 1.32. The first-order valence-electron chi connectivity index (χ1n) is 3.85. The molecule has 2 N–H and O–H groups in total. The molecule has 1 rings (SSSR count). The van der Waals surface area contributed by atoms with Crippen LogP contribution in [0.2, 0.25) is 0 Å². The van der Waals surface area contributed by atoms with Crippen LogP contribution in [0.15, 0.2) is 24.3 Å². The smallest absolute Gasteiger partial charge is 0.133 e. The quantitative estimate of drug-likeness (QED) is 0.858. The highest BCUT2D eigenvalue weighted by Crippen LogP contribution is 2.20. The van der Waals surface area contributed by atoms with Gasteiger partial charge in [-0.1, -0.05) is 12.1 Å². The summed E-state index contributed by atoms with van der Waals surface area (Å²) in [7, 11) is 0. The van der Waals surface area contributed by atoms with Crippen LogP contribution in [0, 0.1) is 3.57 Å². The largest absolute Gasteiger partial charge is 0.488 e. The molecule has 0 radical (unpaired) electrons. The number of ether oxygens (including phenoxy) is 1. The second-order valence-corrected chi connectivity index (χ2v) is 3.76. The van der Waals surface area contributed by atoms with E-state index in [0.717, 1.165) is 9.32 Å². The van der Waals surface area contributed by atoms with Crippen LogP contribution in [0.3, 0.4) is 0 Å². The molecule has 0 aromatic heterocycles. The van der Waals surface area contributed by atoms with Crippen LogP contribution >= 0.6 is 22.6 Å². The molecular weight excluding hydrogens is 265 g/mol. The van der Waals surface area contributed by atoms with Crippen molar-refractivity contribution in [3.05, 3.63) is 27.8 Å². The number of rotatable bonds is 3. The van der Waals surface area contributed by atoms with Crippen molar-refractivity contribution in [1.29, 1.82) is 0 Å². The minimum absolute atomic E-state index is 0.0842. The Morgan fingerprint density at radius 2 is 2.17 bits per heavy atom. The monoisotopic (exact) mass is 277 g/mol. The Morgan fingerprint density at radius 1 is 1.50 bits per heavy atom. The first-order chi connectivity index (χ1) is 5.74. The van der Waals surface area contributed by atoms with Crippen LogP contribution in [0.25, 0.3) is 0 Å². The summed E-state index contributed by atoms with van der Waals surface area (Å²) in [4.78, 5) is 0. The van der Waals surface area contributed by atoms with E-state index in [4.69, 9.17) is 10.5 Å². The Morgan fingerprint density at radius 3 is 2.75 bits per heavy atom. The second-order valence-electron chi connectivity index (χ2n) is 2.59. The highest BCUT2D eigenvalue weighted by molar-refractivity contribution is 14.1. The number of hydrogen-bond acceptors (Lipinski definition) is 2. The van der Waals surface area contributed by atoms with Gasteiger partial charge in [-0.25, -0.2) is 0 Å². The van der Waals surface area contributed by atoms with Crippen molar-refractivity contribution in [3.63, 3.8) is 0 Å². The van der Waals surface area contributed by atoms with E-state index in [1.165, 1.54) is 0 Å². The molecule has 0 spiro atoms. The van der Waals surface area contributed by atoms with Crippen LogP contribution in [0.4, 0.5) is 0 Å². The lowest BCUT2D eigenvalue weighted by atomic mass is 10.3. The van der Waals surface area contributed by atoms with Crippen molar-refractivity contribution in [2.24, 2.45) is 5.73 Å². The third-order valence-electron chi connectivity index (χ3n) is 1.50. The standard InChI is InChI=1S/C9H12INO/c1-7(6-11)12-9-5-3-2-4-8(9)10/h2-5,7H,6,11H2,1H3. The van der Waals surface area contributed by atoms with Crippen molar-refractivity contribution in [1.82, 2.24) is 0 Å². The number of hydrogen-bond donors (Lipinski definition) is 1. The molecule has 0 bridgehead atoms. The highest BCUT2D eigenvalue weighted by Gasteiger charge is 2.03. The topological polar surface area (TPSA) is 35.2 Å². The molecule has 3 heteroatoms. The van der Waals surface area contributed by atoms with Crippen molar-refractivity contribution in [2.45, 2.75) is 13.0 Å². The van der Waals surface area contributed by atoms with E-state index in [-0.39, 0.29) is 6.10 Å². The lowest BCUT2D eigenvalue weighted by Crippen LogP contribution is -2.23. The molecule has 2 nitrogen and oxygen atoms in total. The molecule has 0 aliphatic carbocycles. The van der Waals surface area contributed by atoms with Gasteiger partial charge in [0.05, 0.1) is 3.57 Å². The fraction of sp³-hybridized carbons (Fsp3) is 0.333. The van der Waals surface area contributed by atoms with E-state index in [9.17, 15) is 0 Å². The van der Waals surface area contributed by atoms with Crippen LogP contribution in [-0.2, 0) is 0 Å². The summed E-state index contributed by atoms with van der Waals surface area (Å²) in [5.74, 6) is 0.913. The van der Waals surface area contributed by atoms with Crippen molar-refractivity contribution < 1.29 is 4.74 Å². The zero-order chi connectivity index (χ0) is 8.97. The summed E-state index contributed by atoms with van der Waals surface area (Å²) in [5, 5.41) is 0. The molecule has 66 valence electrons. The van der Waals surface area contributed by atoms with Crippen LogP contribution in [0.5, 0.6) is 5.75 Å². The third kappa shape index (κ3) is 2.64. The maximum Gasteiger partial charge on any atom is 0.133 e. The summed E-state index contributed by atoms with van der Waals surface area (Å²) in [5.41, 5.74) is 5.44.